The molecule has 2 aromatic heterocycles. The lowest BCUT2D eigenvalue weighted by atomic mass is 9.93. The third-order valence-corrected chi connectivity index (χ3v) is 12.7. The van der Waals surface area contributed by atoms with Crippen LogP contribution in [0.25, 0.3) is 11.2 Å². The summed E-state index contributed by atoms with van der Waals surface area (Å²) in [5.41, 5.74) is 1.37. The van der Waals surface area contributed by atoms with Crippen LogP contribution in [0.2, 0.25) is 15.6 Å². The minimum absolute atomic E-state index is 0.0376. The van der Waals surface area contributed by atoms with E-state index in [1.165, 1.54) is 10.4 Å². The van der Waals surface area contributed by atoms with Crippen LogP contribution >= 0.6 is 23.2 Å². The average molecular weight is 526 g/mol. The summed E-state index contributed by atoms with van der Waals surface area (Å²) in [6, 6.07) is 21.9. The van der Waals surface area contributed by atoms with Crippen LogP contribution < -0.4 is 10.4 Å². The molecule has 4 aromatic rings. The van der Waals surface area contributed by atoms with Gasteiger partial charge in [0, 0.05) is 12.1 Å². The van der Waals surface area contributed by atoms with Gasteiger partial charge in [-0.3, -0.25) is 4.57 Å². The Morgan fingerprint density at radius 1 is 0.857 bits per heavy atom. The van der Waals surface area contributed by atoms with Gasteiger partial charge in [-0.05, 0) is 64.3 Å². The number of hydrogen-bond acceptors (Lipinski definition) is 4. The van der Waals surface area contributed by atoms with Crippen molar-refractivity contribution in [2.24, 2.45) is 0 Å². The summed E-state index contributed by atoms with van der Waals surface area (Å²) >= 11 is 12.6. The second-order valence-corrected chi connectivity index (χ2v) is 15.2. The van der Waals surface area contributed by atoms with Gasteiger partial charge in [0.1, 0.15) is 5.52 Å². The normalized spacial score (nSPS) is 19.2. The Hall–Kier alpha value is -2.25. The predicted octanol–water partition coefficient (Wildman–Crippen LogP) is 6.19. The third-order valence-electron chi connectivity index (χ3n) is 7.13. The zero-order chi connectivity index (χ0) is 24.6. The summed E-state index contributed by atoms with van der Waals surface area (Å²) in [6.45, 7) is 6.98. The predicted molar refractivity (Wildman–Crippen MR) is 145 cm³/mol. The van der Waals surface area contributed by atoms with Gasteiger partial charge in [0.05, 0.1) is 6.20 Å². The molecular weight excluding hydrogens is 495 g/mol. The number of hydrogen-bond donors (Lipinski definition) is 0. The molecule has 182 valence electrons. The van der Waals surface area contributed by atoms with E-state index in [1.807, 2.05) is 4.57 Å². The minimum Gasteiger partial charge on any atom is -0.404 e. The molecule has 0 unspecified atom stereocenters. The Morgan fingerprint density at radius 3 is 1.97 bits per heavy atom. The number of benzene rings is 2. The van der Waals surface area contributed by atoms with E-state index in [-0.39, 0.29) is 22.5 Å². The van der Waals surface area contributed by atoms with Gasteiger partial charge in [-0.25, -0.2) is 9.97 Å². The Balaban J connectivity index is 1.45. The van der Waals surface area contributed by atoms with Crippen LogP contribution in [0.5, 0.6) is 0 Å². The van der Waals surface area contributed by atoms with Crippen LogP contribution in [-0.2, 0) is 4.43 Å². The summed E-state index contributed by atoms with van der Waals surface area (Å²) in [5, 5.41) is 3.24. The molecule has 1 saturated carbocycles. The Kier molecular flexibility index (Phi) is 6.74. The number of nitrogens with zero attached hydrogens (tertiary/aromatic N) is 4. The van der Waals surface area contributed by atoms with Crippen LogP contribution in [0.3, 0.4) is 0 Å². The van der Waals surface area contributed by atoms with Crippen molar-refractivity contribution in [1.82, 2.24) is 19.5 Å². The molecule has 1 fully saturated rings. The minimum atomic E-state index is -2.57. The fourth-order valence-electron chi connectivity index (χ4n) is 5.53. The Bertz CT molecular complexity index is 1260. The highest BCUT2D eigenvalue weighted by atomic mass is 35.5. The van der Waals surface area contributed by atoms with E-state index in [9.17, 15) is 0 Å². The highest BCUT2D eigenvalue weighted by molar-refractivity contribution is 6.99. The second kappa shape index (κ2) is 9.66. The van der Waals surface area contributed by atoms with Crippen LogP contribution in [0, 0.1) is 0 Å². The van der Waals surface area contributed by atoms with Crippen molar-refractivity contribution in [1.29, 1.82) is 0 Å². The summed E-state index contributed by atoms with van der Waals surface area (Å²) in [5.74, 6) is 0. The molecule has 5 nitrogen and oxygen atoms in total. The van der Waals surface area contributed by atoms with Crippen molar-refractivity contribution in [3.8, 4) is 0 Å². The fourth-order valence-corrected chi connectivity index (χ4v) is 10.7. The van der Waals surface area contributed by atoms with Crippen molar-refractivity contribution in [2.45, 2.75) is 63.6 Å². The summed E-state index contributed by atoms with van der Waals surface area (Å²) in [7, 11) is -2.57. The lowest BCUT2D eigenvalue weighted by molar-refractivity contribution is 0.124. The van der Waals surface area contributed by atoms with Crippen LogP contribution in [0.1, 0.15) is 52.5 Å². The van der Waals surface area contributed by atoms with Crippen molar-refractivity contribution in [2.75, 3.05) is 0 Å². The van der Waals surface area contributed by atoms with Gasteiger partial charge < -0.3 is 4.43 Å². The zero-order valence-corrected chi connectivity index (χ0v) is 22.8. The molecule has 0 bridgehead atoms. The molecule has 1 aliphatic carbocycles. The number of imidazole rings is 1. The topological polar surface area (TPSA) is 52.8 Å². The standard InChI is InChI=1S/C27H30Cl2N4OSi/c1-27(2,3)35(21-10-6-4-7-11-21,22-12-8-5-9-13-22)34-20-16-14-19(15-17-20)33-24-23(31-26(33)29)18-30-25(28)32-24/h4-13,18-20H,14-17H2,1-3H3/t19-,20-. The molecule has 5 rings (SSSR count). The van der Waals surface area contributed by atoms with E-state index in [0.29, 0.717) is 16.4 Å². The second-order valence-electron chi connectivity index (χ2n) is 10.3. The van der Waals surface area contributed by atoms with Crippen molar-refractivity contribution < 1.29 is 4.43 Å². The molecule has 1 aliphatic rings. The number of aromatic nitrogens is 4. The Morgan fingerprint density at radius 2 is 1.43 bits per heavy atom. The summed E-state index contributed by atoms with van der Waals surface area (Å²) in [4.78, 5) is 12.9. The molecular formula is C27H30Cl2N4OSi. The largest absolute Gasteiger partial charge is 0.404 e. The van der Waals surface area contributed by atoms with Crippen molar-refractivity contribution in [3.63, 3.8) is 0 Å². The van der Waals surface area contributed by atoms with Crippen LogP contribution in [-0.4, -0.2) is 33.9 Å². The molecule has 0 spiro atoms. The molecule has 2 heterocycles. The summed E-state index contributed by atoms with van der Waals surface area (Å²) < 4.78 is 9.37. The van der Waals surface area contributed by atoms with E-state index in [2.05, 4.69) is 96.4 Å². The molecule has 0 radical (unpaired) electrons. The van der Waals surface area contributed by atoms with Gasteiger partial charge in [0.25, 0.3) is 8.32 Å². The molecule has 0 N–H and O–H groups in total. The molecule has 8 heteroatoms. The first-order valence-corrected chi connectivity index (χ1v) is 14.8. The van der Waals surface area contributed by atoms with Gasteiger partial charge in [-0.15, -0.1) is 0 Å². The van der Waals surface area contributed by atoms with E-state index < -0.39 is 8.32 Å². The van der Waals surface area contributed by atoms with Crippen molar-refractivity contribution in [3.05, 3.63) is 77.4 Å². The maximum absolute atomic E-state index is 7.35. The zero-order valence-electron chi connectivity index (χ0n) is 20.3. The number of halogens is 2. The first kappa shape index (κ1) is 24.4. The maximum atomic E-state index is 7.35. The number of fused-ring (bicyclic) bond motifs is 1. The highest BCUT2D eigenvalue weighted by Crippen LogP contribution is 2.41. The first-order valence-electron chi connectivity index (χ1n) is 12.1. The lowest BCUT2D eigenvalue weighted by Gasteiger charge is -2.46. The van der Waals surface area contributed by atoms with Crippen LogP contribution in [0.15, 0.2) is 66.9 Å². The van der Waals surface area contributed by atoms with Gasteiger partial charge >= 0.3 is 0 Å². The molecule has 0 aliphatic heterocycles. The van der Waals surface area contributed by atoms with Crippen molar-refractivity contribution >= 4 is 53.1 Å². The van der Waals surface area contributed by atoms with Gasteiger partial charge in [-0.1, -0.05) is 81.4 Å². The highest BCUT2D eigenvalue weighted by Gasteiger charge is 2.51. The molecule has 0 amide bonds. The van der Waals surface area contributed by atoms with E-state index in [1.54, 1.807) is 6.20 Å². The van der Waals surface area contributed by atoms with Gasteiger partial charge in [-0.2, -0.15) is 4.98 Å². The van der Waals surface area contributed by atoms with E-state index in [4.69, 9.17) is 27.6 Å². The first-order chi connectivity index (χ1) is 16.8. The van der Waals surface area contributed by atoms with Crippen LogP contribution in [0.4, 0.5) is 0 Å². The Labute approximate surface area is 217 Å². The monoisotopic (exact) mass is 524 g/mol. The van der Waals surface area contributed by atoms with E-state index in [0.717, 1.165) is 25.7 Å². The summed E-state index contributed by atoms with van der Waals surface area (Å²) in [6.07, 6.45) is 5.58. The molecule has 2 aromatic carbocycles. The maximum Gasteiger partial charge on any atom is 0.261 e. The fraction of sp³-hybridized carbons (Fsp3) is 0.370. The smallest absolute Gasteiger partial charge is 0.261 e. The molecule has 0 saturated heterocycles. The van der Waals surface area contributed by atoms with E-state index >= 15 is 0 Å². The lowest BCUT2D eigenvalue weighted by Crippen LogP contribution is -2.67. The average Bonchev–Trinajstić information content (AvgIpc) is 3.18. The molecule has 35 heavy (non-hydrogen) atoms. The van der Waals surface area contributed by atoms with Gasteiger partial charge in [0.15, 0.2) is 5.65 Å². The van der Waals surface area contributed by atoms with Gasteiger partial charge in [0.2, 0.25) is 10.6 Å². The SMILES string of the molecule is CC(C)(C)[Si](O[C@H]1CC[C@H](n2c(Cl)nc3cnc(Cl)nc32)CC1)(c1ccccc1)c1ccccc1. The third kappa shape index (κ3) is 4.53. The molecule has 0 atom stereocenters. The number of rotatable bonds is 5. The quantitative estimate of drug-likeness (QED) is 0.177.